The largest absolute Gasteiger partial charge is 0.490 e. The second-order valence-corrected chi connectivity index (χ2v) is 4.89. The van der Waals surface area contributed by atoms with Crippen LogP contribution in [0.15, 0.2) is 12.3 Å². The van der Waals surface area contributed by atoms with E-state index >= 15 is 0 Å². The number of hydrogen-bond acceptors (Lipinski definition) is 3. The maximum Gasteiger partial charge on any atom is 0.127 e. The Labute approximate surface area is 96.4 Å². The number of rotatable bonds is 2. The van der Waals surface area contributed by atoms with Crippen LogP contribution in [0, 0.1) is 0 Å². The lowest BCUT2D eigenvalue weighted by Gasteiger charge is -2.30. The van der Waals surface area contributed by atoms with Crippen molar-refractivity contribution in [3.63, 3.8) is 0 Å². The highest BCUT2D eigenvalue weighted by molar-refractivity contribution is 5.37. The molecule has 0 saturated heterocycles. The van der Waals surface area contributed by atoms with E-state index in [2.05, 4.69) is 16.9 Å². The quantitative estimate of drug-likeness (QED) is 0.759. The van der Waals surface area contributed by atoms with Crippen molar-refractivity contribution >= 4 is 0 Å². The molecule has 0 radical (unpaired) electrons. The van der Waals surface area contributed by atoms with Gasteiger partial charge in [0.2, 0.25) is 0 Å². The summed E-state index contributed by atoms with van der Waals surface area (Å²) in [7, 11) is 2.16. The van der Waals surface area contributed by atoms with Crippen molar-refractivity contribution in [2.45, 2.75) is 38.3 Å². The van der Waals surface area contributed by atoms with Gasteiger partial charge in [-0.15, -0.1) is 0 Å². The second kappa shape index (κ2) is 4.06. The first-order chi connectivity index (χ1) is 7.83. The fourth-order valence-corrected chi connectivity index (χ4v) is 2.32. The third kappa shape index (κ3) is 1.80. The summed E-state index contributed by atoms with van der Waals surface area (Å²) in [5, 5.41) is 0. The molecule has 1 aliphatic carbocycles. The van der Waals surface area contributed by atoms with Gasteiger partial charge in [-0.25, -0.2) is 0 Å². The fourth-order valence-electron chi connectivity index (χ4n) is 2.32. The van der Waals surface area contributed by atoms with E-state index in [0.29, 0.717) is 6.10 Å². The number of hydrogen-bond donors (Lipinski definition) is 0. The molecular formula is C13H18N2O. The molecule has 2 aliphatic rings. The van der Waals surface area contributed by atoms with Crippen molar-refractivity contribution in [2.75, 3.05) is 13.6 Å². The number of ether oxygens (including phenoxy) is 1. The Balaban J connectivity index is 1.86. The summed E-state index contributed by atoms with van der Waals surface area (Å²) < 4.78 is 6.03. The summed E-state index contributed by atoms with van der Waals surface area (Å²) in [5.41, 5.74) is 2.54. The van der Waals surface area contributed by atoms with Crippen molar-refractivity contribution in [1.82, 2.24) is 9.88 Å². The van der Waals surface area contributed by atoms with Crippen molar-refractivity contribution in [3.8, 4) is 5.75 Å². The average Bonchev–Trinajstić information content (AvgIpc) is 2.23. The molecule has 1 saturated carbocycles. The van der Waals surface area contributed by atoms with Crippen LogP contribution >= 0.6 is 0 Å². The minimum Gasteiger partial charge on any atom is -0.490 e. The van der Waals surface area contributed by atoms with E-state index in [0.717, 1.165) is 25.3 Å². The maximum atomic E-state index is 6.03. The molecule has 0 atom stereocenters. The standard InChI is InChI=1S/C13H18N2O/c1-15-8-6-12-11(9-15)13(5-7-14-12)16-10-3-2-4-10/h5,7,10H,2-4,6,8-9H2,1H3. The molecule has 0 unspecified atom stereocenters. The normalized spacial score (nSPS) is 21.3. The van der Waals surface area contributed by atoms with Gasteiger partial charge in [0.1, 0.15) is 5.75 Å². The first-order valence-corrected chi connectivity index (χ1v) is 6.15. The summed E-state index contributed by atoms with van der Waals surface area (Å²) in [6, 6.07) is 2.02. The Bertz CT molecular complexity index is 388. The second-order valence-electron chi connectivity index (χ2n) is 4.89. The third-order valence-corrected chi connectivity index (χ3v) is 3.61. The number of fused-ring (bicyclic) bond motifs is 1. The molecule has 0 spiro atoms. The number of nitrogens with zero attached hydrogens (tertiary/aromatic N) is 2. The highest BCUT2D eigenvalue weighted by Gasteiger charge is 2.23. The molecule has 0 aromatic carbocycles. The van der Waals surface area contributed by atoms with Gasteiger partial charge in [0.25, 0.3) is 0 Å². The van der Waals surface area contributed by atoms with E-state index < -0.39 is 0 Å². The highest BCUT2D eigenvalue weighted by Crippen LogP contribution is 2.30. The fraction of sp³-hybridized carbons (Fsp3) is 0.615. The Hall–Kier alpha value is -1.09. The number of pyridine rings is 1. The number of likely N-dealkylation sites (N-methyl/N-ethyl adjacent to an activating group) is 1. The van der Waals surface area contributed by atoms with Crippen LogP contribution in [0.3, 0.4) is 0 Å². The molecule has 3 heteroatoms. The molecule has 3 rings (SSSR count). The summed E-state index contributed by atoms with van der Waals surface area (Å²) in [6.07, 6.45) is 7.14. The zero-order valence-electron chi connectivity index (χ0n) is 9.78. The first kappa shape index (κ1) is 10.1. The summed E-state index contributed by atoms with van der Waals surface area (Å²) >= 11 is 0. The van der Waals surface area contributed by atoms with Gasteiger partial charge in [-0.1, -0.05) is 0 Å². The van der Waals surface area contributed by atoms with Crippen LogP contribution in [0.25, 0.3) is 0 Å². The Morgan fingerprint density at radius 3 is 3.06 bits per heavy atom. The van der Waals surface area contributed by atoms with Crippen LogP contribution in [-0.4, -0.2) is 29.6 Å². The van der Waals surface area contributed by atoms with E-state index in [-0.39, 0.29) is 0 Å². The lowest BCUT2D eigenvalue weighted by atomic mass is 9.96. The summed E-state index contributed by atoms with van der Waals surface area (Å²) in [4.78, 5) is 6.79. The Morgan fingerprint density at radius 2 is 2.31 bits per heavy atom. The molecule has 3 nitrogen and oxygen atoms in total. The van der Waals surface area contributed by atoms with Crippen LogP contribution < -0.4 is 4.74 Å². The summed E-state index contributed by atoms with van der Waals surface area (Å²) in [5.74, 6) is 1.07. The van der Waals surface area contributed by atoms with E-state index in [9.17, 15) is 0 Å². The van der Waals surface area contributed by atoms with Crippen LogP contribution in [-0.2, 0) is 13.0 Å². The Kier molecular flexibility index (Phi) is 2.56. The molecular weight excluding hydrogens is 200 g/mol. The van der Waals surface area contributed by atoms with Gasteiger partial charge in [-0.05, 0) is 32.4 Å². The monoisotopic (exact) mass is 218 g/mol. The van der Waals surface area contributed by atoms with Crippen LogP contribution in [0.4, 0.5) is 0 Å². The van der Waals surface area contributed by atoms with Crippen molar-refractivity contribution < 1.29 is 4.74 Å². The first-order valence-electron chi connectivity index (χ1n) is 6.15. The van der Waals surface area contributed by atoms with Crippen molar-refractivity contribution in [3.05, 3.63) is 23.5 Å². The van der Waals surface area contributed by atoms with Gasteiger partial charge in [0, 0.05) is 37.0 Å². The van der Waals surface area contributed by atoms with Crippen molar-refractivity contribution in [2.24, 2.45) is 0 Å². The van der Waals surface area contributed by atoms with Crippen LogP contribution in [0.5, 0.6) is 5.75 Å². The van der Waals surface area contributed by atoms with Gasteiger partial charge < -0.3 is 9.64 Å². The third-order valence-electron chi connectivity index (χ3n) is 3.61. The van der Waals surface area contributed by atoms with E-state index in [1.165, 1.54) is 30.5 Å². The van der Waals surface area contributed by atoms with E-state index in [1.807, 2.05) is 12.3 Å². The topological polar surface area (TPSA) is 25.4 Å². The SMILES string of the molecule is CN1CCc2nccc(OC3CCC3)c2C1. The van der Waals surface area contributed by atoms with Crippen LogP contribution in [0.1, 0.15) is 30.5 Å². The average molecular weight is 218 g/mol. The molecule has 1 aromatic rings. The van der Waals surface area contributed by atoms with Gasteiger partial charge in [-0.3, -0.25) is 4.98 Å². The summed E-state index contributed by atoms with van der Waals surface area (Å²) in [6.45, 7) is 2.08. The predicted octanol–water partition coefficient (Wildman–Crippen LogP) is 2.00. The molecule has 1 aliphatic heterocycles. The Morgan fingerprint density at radius 1 is 1.44 bits per heavy atom. The lowest BCUT2D eigenvalue weighted by Crippen LogP contribution is -2.30. The zero-order chi connectivity index (χ0) is 11.0. The highest BCUT2D eigenvalue weighted by atomic mass is 16.5. The molecule has 2 heterocycles. The van der Waals surface area contributed by atoms with Gasteiger partial charge in [0.15, 0.2) is 0 Å². The molecule has 1 fully saturated rings. The van der Waals surface area contributed by atoms with Gasteiger partial charge in [-0.2, -0.15) is 0 Å². The predicted molar refractivity (Wildman–Crippen MR) is 62.5 cm³/mol. The molecule has 0 bridgehead atoms. The number of aromatic nitrogens is 1. The van der Waals surface area contributed by atoms with Gasteiger partial charge in [0.05, 0.1) is 6.10 Å². The lowest BCUT2D eigenvalue weighted by molar-refractivity contribution is 0.117. The molecule has 1 aromatic heterocycles. The molecule has 0 amide bonds. The minimum absolute atomic E-state index is 0.457. The molecule has 86 valence electrons. The molecule has 0 N–H and O–H groups in total. The van der Waals surface area contributed by atoms with E-state index in [4.69, 9.17) is 4.74 Å². The van der Waals surface area contributed by atoms with Gasteiger partial charge >= 0.3 is 0 Å². The van der Waals surface area contributed by atoms with E-state index in [1.54, 1.807) is 0 Å². The minimum atomic E-state index is 0.457. The van der Waals surface area contributed by atoms with Crippen LogP contribution in [0.2, 0.25) is 0 Å². The zero-order valence-corrected chi connectivity index (χ0v) is 9.78. The smallest absolute Gasteiger partial charge is 0.127 e. The molecule has 16 heavy (non-hydrogen) atoms. The maximum absolute atomic E-state index is 6.03. The van der Waals surface area contributed by atoms with Crippen molar-refractivity contribution in [1.29, 1.82) is 0 Å².